The first-order valence-electron chi connectivity index (χ1n) is 30.8. The Bertz CT molecular complexity index is 1160. The second-order valence-electron chi connectivity index (χ2n) is 21.3. The second kappa shape index (κ2) is 53.8. The van der Waals surface area contributed by atoms with Crippen LogP contribution in [-0.2, 0) is 28.5 Å². The van der Waals surface area contributed by atoms with Crippen molar-refractivity contribution in [3.05, 3.63) is 36.5 Å². The summed E-state index contributed by atoms with van der Waals surface area (Å²) >= 11 is 0. The molecule has 412 valence electrons. The van der Waals surface area contributed by atoms with Gasteiger partial charge in [-0.3, -0.25) is 9.69 Å². The summed E-state index contributed by atoms with van der Waals surface area (Å²) in [6.07, 6.45) is 66.7. The molecule has 4 atom stereocenters. The summed E-state index contributed by atoms with van der Waals surface area (Å²) in [6, 6.07) is 0. The molecule has 0 aromatic heterocycles. The number of esters is 1. The van der Waals surface area contributed by atoms with Gasteiger partial charge in [-0.25, -0.2) is 0 Å². The van der Waals surface area contributed by atoms with Crippen molar-refractivity contribution in [3.63, 3.8) is 0 Å². The molecule has 0 aromatic carbocycles. The van der Waals surface area contributed by atoms with Crippen LogP contribution in [0.1, 0.15) is 290 Å². The first kappa shape index (κ1) is 66.5. The van der Waals surface area contributed by atoms with Crippen molar-refractivity contribution in [2.75, 3.05) is 47.1 Å². The number of carbonyl (C=O) groups excluding carboxylic acids is 1. The van der Waals surface area contributed by atoms with E-state index in [9.17, 15) is 4.79 Å². The summed E-state index contributed by atoms with van der Waals surface area (Å²) in [7, 11) is 3.77. The zero-order valence-electron chi connectivity index (χ0n) is 47.4. The molecule has 0 radical (unpaired) electrons. The molecule has 1 heterocycles. The van der Waals surface area contributed by atoms with Crippen LogP contribution in [0.3, 0.4) is 0 Å². The Morgan fingerprint density at radius 1 is 0.386 bits per heavy atom. The van der Waals surface area contributed by atoms with Crippen molar-refractivity contribution in [1.29, 1.82) is 0 Å². The van der Waals surface area contributed by atoms with E-state index in [1.165, 1.54) is 231 Å². The number of hydrogen-bond donors (Lipinski definition) is 0. The Labute approximate surface area is 436 Å². The maximum absolute atomic E-state index is 12.7. The van der Waals surface area contributed by atoms with E-state index in [4.69, 9.17) is 23.7 Å². The Morgan fingerprint density at radius 2 is 0.671 bits per heavy atom. The molecule has 1 rings (SSSR count). The van der Waals surface area contributed by atoms with Gasteiger partial charge in [0.25, 0.3) is 0 Å². The van der Waals surface area contributed by atoms with Crippen molar-refractivity contribution in [2.24, 2.45) is 0 Å². The van der Waals surface area contributed by atoms with E-state index < -0.39 is 12.4 Å². The molecule has 1 aliphatic heterocycles. The summed E-state index contributed by atoms with van der Waals surface area (Å²) in [4.78, 5) is 14.5. The second-order valence-corrected chi connectivity index (χ2v) is 21.3. The van der Waals surface area contributed by atoms with E-state index in [0.717, 1.165) is 38.5 Å². The molecule has 1 aliphatic rings. The molecule has 0 aromatic rings. The molecule has 1 saturated heterocycles. The lowest BCUT2D eigenvalue weighted by Crippen LogP contribution is -2.40. The van der Waals surface area contributed by atoms with Gasteiger partial charge in [-0.15, -0.1) is 0 Å². The third-order valence-corrected chi connectivity index (χ3v) is 14.0. The topological polar surface area (TPSA) is 66.5 Å². The lowest BCUT2D eigenvalue weighted by Gasteiger charge is -2.25. The zero-order valence-corrected chi connectivity index (χ0v) is 47.4. The average molecular weight is 987 g/mol. The molecule has 7 heteroatoms. The first-order chi connectivity index (χ1) is 34.5. The molecule has 1 unspecified atom stereocenters. The van der Waals surface area contributed by atoms with Crippen LogP contribution in [0.2, 0.25) is 0 Å². The van der Waals surface area contributed by atoms with E-state index >= 15 is 0 Å². The third-order valence-electron chi connectivity index (χ3n) is 14.0. The Balaban J connectivity index is 2.59. The molecule has 0 N–H and O–H groups in total. The van der Waals surface area contributed by atoms with Crippen LogP contribution >= 0.6 is 0 Å². The minimum Gasteiger partial charge on any atom is -0.462 e. The number of nitrogens with zero attached hydrogens (tertiary/aromatic N) is 1. The Hall–Kier alpha value is -1.51. The van der Waals surface area contributed by atoms with Crippen LogP contribution in [0.4, 0.5) is 0 Å². The molecule has 0 amide bonds. The van der Waals surface area contributed by atoms with E-state index in [1.54, 1.807) is 0 Å². The fourth-order valence-corrected chi connectivity index (χ4v) is 9.50. The van der Waals surface area contributed by atoms with Gasteiger partial charge in [-0.2, -0.15) is 0 Å². The van der Waals surface area contributed by atoms with Gasteiger partial charge in [0.15, 0.2) is 6.29 Å². The molecular formula is C63H119NO6. The monoisotopic (exact) mass is 986 g/mol. The van der Waals surface area contributed by atoms with Gasteiger partial charge >= 0.3 is 5.97 Å². The van der Waals surface area contributed by atoms with Crippen molar-refractivity contribution in [2.45, 2.75) is 315 Å². The summed E-state index contributed by atoms with van der Waals surface area (Å²) in [5, 5.41) is 0. The smallest absolute Gasteiger partial charge is 0.320 e. The Kier molecular flexibility index (Phi) is 51.1. The number of carbonyl (C=O) groups is 1. The molecule has 0 aliphatic carbocycles. The molecular weight excluding hydrogens is 867 g/mol. The largest absolute Gasteiger partial charge is 0.462 e. The van der Waals surface area contributed by atoms with Crippen molar-refractivity contribution < 1.29 is 28.5 Å². The highest BCUT2D eigenvalue weighted by Gasteiger charge is 2.47. The quantitative estimate of drug-likeness (QED) is 0.0342. The fourth-order valence-electron chi connectivity index (χ4n) is 9.50. The highest BCUT2D eigenvalue weighted by Crippen LogP contribution is 2.29. The van der Waals surface area contributed by atoms with E-state index in [2.05, 4.69) is 57.2 Å². The molecule has 1 fully saturated rings. The van der Waals surface area contributed by atoms with Gasteiger partial charge in [-0.1, -0.05) is 231 Å². The van der Waals surface area contributed by atoms with Crippen LogP contribution < -0.4 is 0 Å². The number of unbranched alkanes of at least 4 members (excludes halogenated alkanes) is 36. The van der Waals surface area contributed by atoms with Gasteiger partial charge in [0.05, 0.1) is 6.54 Å². The van der Waals surface area contributed by atoms with Gasteiger partial charge in [0.1, 0.15) is 24.9 Å². The fraction of sp³-hybridized carbons (Fsp3) is 0.889. The summed E-state index contributed by atoms with van der Waals surface area (Å²) in [6.45, 7) is 9.18. The standard InChI is InChI=1S/C63H119NO6/c1-6-9-12-15-18-21-24-27-30-33-36-39-42-45-48-51-54-66-61-59(58-69-60(65)57-64(4)5)70-63(68-56-53-50-47-44-41-38-35-32-29-26-23-20-17-14-11-8-3)62(61)67-55-52-49-46-43-40-37-34-31-28-25-22-19-16-13-10-7-2/h27-32,59,61-63H,6-26,33-58H2,1-5H3/b30-27-,31-28-,32-29-/t59-,61?,62+,63-/m1/s1. The van der Waals surface area contributed by atoms with Crippen LogP contribution in [0.25, 0.3) is 0 Å². The maximum atomic E-state index is 12.7. The zero-order chi connectivity index (χ0) is 50.5. The number of allylic oxidation sites excluding steroid dienone is 6. The highest BCUT2D eigenvalue weighted by molar-refractivity contribution is 5.71. The lowest BCUT2D eigenvalue weighted by molar-refractivity contribution is -0.184. The number of rotatable bonds is 55. The van der Waals surface area contributed by atoms with Crippen molar-refractivity contribution >= 4 is 5.97 Å². The SMILES string of the molecule is CCCCCCCC/C=C\CCCCCCCCOC1[C@@H](COC(=O)CN(C)C)O[C@@H](OCCCCCCCC/C=C\CCCCCCCC)[C@H]1OCCCCCCCC/C=C\CCCCCCCC. The first-order valence-corrected chi connectivity index (χ1v) is 30.8. The van der Waals surface area contributed by atoms with Crippen LogP contribution in [-0.4, -0.2) is 82.5 Å². The lowest BCUT2D eigenvalue weighted by atomic mass is 10.1. The van der Waals surface area contributed by atoms with Gasteiger partial charge < -0.3 is 23.7 Å². The Morgan fingerprint density at radius 3 is 1.00 bits per heavy atom. The van der Waals surface area contributed by atoms with Gasteiger partial charge in [-0.05, 0) is 110 Å². The normalized spacial score (nSPS) is 17.5. The van der Waals surface area contributed by atoms with E-state index in [-0.39, 0.29) is 31.3 Å². The minimum atomic E-state index is -0.528. The molecule has 7 nitrogen and oxygen atoms in total. The predicted octanol–water partition coefficient (Wildman–Crippen LogP) is 18.7. The van der Waals surface area contributed by atoms with Crippen LogP contribution in [0.15, 0.2) is 36.5 Å². The van der Waals surface area contributed by atoms with E-state index in [1.807, 2.05) is 19.0 Å². The summed E-state index contributed by atoms with van der Waals surface area (Å²) < 4.78 is 32.1. The third kappa shape index (κ3) is 44.0. The summed E-state index contributed by atoms with van der Waals surface area (Å²) in [5.74, 6) is -0.254. The number of ether oxygens (including phenoxy) is 5. The van der Waals surface area contributed by atoms with Crippen LogP contribution in [0.5, 0.6) is 0 Å². The molecule has 0 spiro atoms. The molecule has 70 heavy (non-hydrogen) atoms. The van der Waals surface area contributed by atoms with E-state index in [0.29, 0.717) is 19.8 Å². The molecule has 0 bridgehead atoms. The van der Waals surface area contributed by atoms with Gasteiger partial charge in [0.2, 0.25) is 0 Å². The van der Waals surface area contributed by atoms with Crippen LogP contribution in [0, 0.1) is 0 Å². The average Bonchev–Trinajstić information content (AvgIpc) is 3.68. The maximum Gasteiger partial charge on any atom is 0.320 e. The number of likely N-dealkylation sites (N-methyl/N-ethyl adjacent to an activating group) is 1. The highest BCUT2D eigenvalue weighted by atomic mass is 16.7. The molecule has 0 saturated carbocycles. The van der Waals surface area contributed by atoms with Crippen molar-refractivity contribution in [1.82, 2.24) is 4.90 Å². The predicted molar refractivity (Wildman–Crippen MR) is 302 cm³/mol. The van der Waals surface area contributed by atoms with Crippen molar-refractivity contribution in [3.8, 4) is 0 Å². The number of hydrogen-bond acceptors (Lipinski definition) is 7. The van der Waals surface area contributed by atoms with Gasteiger partial charge in [0, 0.05) is 19.8 Å². The minimum absolute atomic E-state index is 0.146. The summed E-state index contributed by atoms with van der Waals surface area (Å²) in [5.41, 5.74) is 0.